The molecule has 21 heavy (non-hydrogen) atoms. The maximum Gasteiger partial charge on any atom is 0.261 e. The Kier molecular flexibility index (Phi) is 6.95. The van der Waals surface area contributed by atoms with Gasteiger partial charge in [-0.1, -0.05) is 6.92 Å². The lowest BCUT2D eigenvalue weighted by atomic mass is 10.1. The second kappa shape index (κ2) is 8.22. The first-order chi connectivity index (χ1) is 9.67. The number of benzene rings is 1. The number of likely N-dealkylation sites (N-methyl/N-ethyl adjacent to an activating group) is 1. The van der Waals surface area contributed by atoms with Crippen molar-refractivity contribution in [1.82, 2.24) is 10.6 Å². The Labute approximate surface area is 135 Å². The molecule has 1 amide bonds. The van der Waals surface area contributed by atoms with Crippen LogP contribution >= 0.6 is 23.7 Å². The van der Waals surface area contributed by atoms with Gasteiger partial charge >= 0.3 is 0 Å². The number of hydrogen-bond acceptors (Lipinski definition) is 4. The van der Waals surface area contributed by atoms with Crippen LogP contribution in [0.2, 0.25) is 0 Å². The second-order valence-corrected chi connectivity index (χ2v) is 5.58. The molecule has 0 spiro atoms. The van der Waals surface area contributed by atoms with Crippen LogP contribution in [0.25, 0.3) is 10.1 Å². The molecule has 0 atom stereocenters. The van der Waals surface area contributed by atoms with E-state index in [0.29, 0.717) is 6.54 Å². The summed E-state index contributed by atoms with van der Waals surface area (Å²) in [4.78, 5) is 13.0. The fraction of sp³-hybridized carbons (Fsp3) is 0.400. The van der Waals surface area contributed by atoms with E-state index in [-0.39, 0.29) is 18.3 Å². The lowest BCUT2D eigenvalue weighted by Crippen LogP contribution is -2.31. The molecule has 0 saturated heterocycles. The quantitative estimate of drug-likeness (QED) is 0.801. The average molecular weight is 329 g/mol. The summed E-state index contributed by atoms with van der Waals surface area (Å²) in [6.07, 6.45) is 0. The number of nitrogens with one attached hydrogen (secondary N) is 2. The van der Waals surface area contributed by atoms with Crippen molar-refractivity contribution in [2.45, 2.75) is 13.8 Å². The predicted molar refractivity (Wildman–Crippen MR) is 91.2 cm³/mol. The molecule has 0 bridgehead atoms. The van der Waals surface area contributed by atoms with Crippen molar-refractivity contribution in [3.63, 3.8) is 0 Å². The molecule has 1 aromatic heterocycles. The summed E-state index contributed by atoms with van der Waals surface area (Å²) in [7, 11) is 1.65. The Morgan fingerprint density at radius 3 is 2.76 bits per heavy atom. The highest BCUT2D eigenvalue weighted by Gasteiger charge is 2.15. The smallest absolute Gasteiger partial charge is 0.261 e. The number of fused-ring (bicyclic) bond motifs is 1. The van der Waals surface area contributed by atoms with Crippen molar-refractivity contribution in [2.75, 3.05) is 26.7 Å². The van der Waals surface area contributed by atoms with Gasteiger partial charge < -0.3 is 15.4 Å². The van der Waals surface area contributed by atoms with Gasteiger partial charge in [-0.2, -0.15) is 0 Å². The van der Waals surface area contributed by atoms with E-state index in [1.165, 1.54) is 11.3 Å². The standard InChI is InChI=1S/C15H20N2O2S.ClH/c1-4-16-7-8-17-15(18)14-10(2)12-9-11(19-3)5-6-13(12)20-14;/h5-6,9,16H,4,7-8H2,1-3H3,(H,17,18);1H. The number of methoxy groups -OCH3 is 1. The lowest BCUT2D eigenvalue weighted by Gasteiger charge is -2.04. The molecular weight excluding hydrogens is 308 g/mol. The molecule has 0 aliphatic heterocycles. The maximum atomic E-state index is 12.2. The molecule has 2 N–H and O–H groups in total. The number of rotatable bonds is 6. The van der Waals surface area contributed by atoms with Crippen molar-refractivity contribution in [3.05, 3.63) is 28.6 Å². The van der Waals surface area contributed by atoms with E-state index in [9.17, 15) is 4.79 Å². The van der Waals surface area contributed by atoms with E-state index < -0.39 is 0 Å². The van der Waals surface area contributed by atoms with Gasteiger partial charge in [0, 0.05) is 17.8 Å². The van der Waals surface area contributed by atoms with Crippen LogP contribution in [0, 0.1) is 6.92 Å². The Balaban J connectivity index is 0.00000220. The van der Waals surface area contributed by atoms with Crippen molar-refractivity contribution >= 4 is 39.7 Å². The first-order valence-corrected chi connectivity index (χ1v) is 7.55. The zero-order valence-corrected chi connectivity index (χ0v) is 14.1. The van der Waals surface area contributed by atoms with Crippen molar-refractivity contribution in [1.29, 1.82) is 0 Å². The highest BCUT2D eigenvalue weighted by atomic mass is 35.5. The average Bonchev–Trinajstić information content (AvgIpc) is 2.80. The van der Waals surface area contributed by atoms with Gasteiger partial charge in [-0.15, -0.1) is 23.7 Å². The number of aryl methyl sites for hydroxylation is 1. The van der Waals surface area contributed by atoms with Crippen LogP contribution in [-0.4, -0.2) is 32.7 Å². The summed E-state index contributed by atoms with van der Waals surface area (Å²) in [5.41, 5.74) is 1.02. The molecule has 1 aromatic carbocycles. The number of carbonyl (C=O) groups excluding carboxylic acids is 1. The number of thiophene rings is 1. The Hall–Kier alpha value is -1.30. The van der Waals surface area contributed by atoms with E-state index >= 15 is 0 Å². The monoisotopic (exact) mass is 328 g/mol. The van der Waals surface area contributed by atoms with Gasteiger partial charge in [0.2, 0.25) is 0 Å². The minimum Gasteiger partial charge on any atom is -0.497 e. The molecule has 0 unspecified atom stereocenters. The zero-order valence-electron chi connectivity index (χ0n) is 12.5. The van der Waals surface area contributed by atoms with Crippen LogP contribution < -0.4 is 15.4 Å². The molecule has 2 rings (SSSR count). The van der Waals surface area contributed by atoms with Gasteiger partial charge in [-0.05, 0) is 42.6 Å². The SMILES string of the molecule is CCNCCNC(=O)c1sc2ccc(OC)cc2c1C.Cl. The van der Waals surface area contributed by atoms with Gasteiger partial charge in [0.25, 0.3) is 5.91 Å². The molecule has 116 valence electrons. The topological polar surface area (TPSA) is 50.4 Å². The van der Waals surface area contributed by atoms with Gasteiger partial charge in [-0.25, -0.2) is 0 Å². The summed E-state index contributed by atoms with van der Waals surface area (Å²) in [6.45, 7) is 6.38. The third kappa shape index (κ3) is 4.09. The fourth-order valence-corrected chi connectivity index (χ4v) is 3.17. The number of carbonyl (C=O) groups is 1. The molecule has 0 radical (unpaired) electrons. The summed E-state index contributed by atoms with van der Waals surface area (Å²) in [5, 5.41) is 7.21. The lowest BCUT2D eigenvalue weighted by molar-refractivity contribution is 0.0957. The van der Waals surface area contributed by atoms with Crippen molar-refractivity contribution in [3.8, 4) is 5.75 Å². The molecular formula is C15H21ClN2O2S. The predicted octanol–water partition coefficient (Wildman–Crippen LogP) is 2.98. The maximum absolute atomic E-state index is 12.2. The summed E-state index contributed by atoms with van der Waals surface area (Å²) in [5.74, 6) is 0.818. The minimum atomic E-state index is 0. The van der Waals surface area contributed by atoms with Gasteiger partial charge in [0.05, 0.1) is 12.0 Å². The molecule has 0 aliphatic rings. The second-order valence-electron chi connectivity index (χ2n) is 4.53. The van der Waals surface area contributed by atoms with Crippen LogP contribution in [-0.2, 0) is 0 Å². The first-order valence-electron chi connectivity index (χ1n) is 6.73. The van der Waals surface area contributed by atoms with Gasteiger partial charge in [0.15, 0.2) is 0 Å². The Morgan fingerprint density at radius 1 is 1.33 bits per heavy atom. The Morgan fingerprint density at radius 2 is 2.10 bits per heavy atom. The fourth-order valence-electron chi connectivity index (χ4n) is 2.07. The third-order valence-electron chi connectivity index (χ3n) is 3.19. The molecule has 1 heterocycles. The zero-order chi connectivity index (χ0) is 14.5. The summed E-state index contributed by atoms with van der Waals surface area (Å²) in [6, 6.07) is 5.91. The van der Waals surface area contributed by atoms with Gasteiger partial charge in [0.1, 0.15) is 5.75 Å². The van der Waals surface area contributed by atoms with Crippen LogP contribution in [0.4, 0.5) is 0 Å². The van der Waals surface area contributed by atoms with E-state index in [1.807, 2.05) is 32.0 Å². The number of ether oxygens (including phenoxy) is 1. The molecule has 2 aromatic rings. The van der Waals surface area contributed by atoms with Crippen LogP contribution in [0.5, 0.6) is 5.75 Å². The van der Waals surface area contributed by atoms with E-state index in [4.69, 9.17) is 4.74 Å². The molecule has 0 fully saturated rings. The van der Waals surface area contributed by atoms with E-state index in [1.54, 1.807) is 7.11 Å². The molecule has 0 saturated carbocycles. The number of amides is 1. The van der Waals surface area contributed by atoms with Crippen molar-refractivity contribution in [2.24, 2.45) is 0 Å². The third-order valence-corrected chi connectivity index (χ3v) is 4.46. The largest absolute Gasteiger partial charge is 0.497 e. The van der Waals surface area contributed by atoms with E-state index in [0.717, 1.165) is 39.4 Å². The number of hydrogen-bond donors (Lipinski definition) is 2. The first kappa shape index (κ1) is 17.8. The Bertz CT molecular complexity index is 613. The summed E-state index contributed by atoms with van der Waals surface area (Å²) < 4.78 is 6.35. The number of halogens is 1. The van der Waals surface area contributed by atoms with Crippen molar-refractivity contribution < 1.29 is 9.53 Å². The normalized spacial score (nSPS) is 10.2. The van der Waals surface area contributed by atoms with Gasteiger partial charge in [-0.3, -0.25) is 4.79 Å². The van der Waals surface area contributed by atoms with Crippen LogP contribution in [0.1, 0.15) is 22.2 Å². The molecule has 6 heteroatoms. The molecule has 0 aliphatic carbocycles. The molecule has 4 nitrogen and oxygen atoms in total. The highest BCUT2D eigenvalue weighted by Crippen LogP contribution is 2.33. The summed E-state index contributed by atoms with van der Waals surface area (Å²) >= 11 is 1.53. The minimum absolute atomic E-state index is 0. The van der Waals surface area contributed by atoms with Crippen LogP contribution in [0.15, 0.2) is 18.2 Å². The van der Waals surface area contributed by atoms with E-state index in [2.05, 4.69) is 10.6 Å². The highest BCUT2D eigenvalue weighted by molar-refractivity contribution is 7.21. The van der Waals surface area contributed by atoms with Crippen LogP contribution in [0.3, 0.4) is 0 Å².